The number of benzene rings is 1. The van der Waals surface area contributed by atoms with Gasteiger partial charge in [-0.1, -0.05) is 0 Å². The number of nitrogens with one attached hydrogen (secondary N) is 1. The molecule has 1 heterocycles. The van der Waals surface area contributed by atoms with Crippen LogP contribution in [0.2, 0.25) is 0 Å². The number of esters is 1. The van der Waals surface area contributed by atoms with Gasteiger partial charge in [0.15, 0.2) is 0 Å². The molecule has 3 N–H and O–H groups in total. The molecule has 0 aromatic heterocycles. The van der Waals surface area contributed by atoms with Crippen LogP contribution in [0.5, 0.6) is 11.5 Å². The third kappa shape index (κ3) is 5.05. The van der Waals surface area contributed by atoms with Gasteiger partial charge in [-0.15, -0.1) is 0 Å². The molecule has 1 saturated heterocycles. The van der Waals surface area contributed by atoms with E-state index in [9.17, 15) is 14.4 Å². The van der Waals surface area contributed by atoms with Crippen LogP contribution >= 0.6 is 0 Å². The van der Waals surface area contributed by atoms with Gasteiger partial charge >= 0.3 is 5.97 Å². The molecular weight excluding hydrogens is 366 g/mol. The highest BCUT2D eigenvalue weighted by molar-refractivity contribution is 6.00. The van der Waals surface area contributed by atoms with Crippen molar-refractivity contribution in [3.63, 3.8) is 0 Å². The monoisotopic (exact) mass is 393 g/mol. The van der Waals surface area contributed by atoms with Crippen molar-refractivity contribution in [2.45, 2.75) is 19.8 Å². The number of hydrogen-bond acceptors (Lipinski definition) is 7. The number of piperidine rings is 1. The Balaban J connectivity index is 2.18. The smallest absolute Gasteiger partial charge is 0.344 e. The molecule has 2 amide bonds. The van der Waals surface area contributed by atoms with Crippen LogP contribution in [0, 0.1) is 5.92 Å². The fourth-order valence-corrected chi connectivity index (χ4v) is 3.14. The van der Waals surface area contributed by atoms with E-state index >= 15 is 0 Å². The van der Waals surface area contributed by atoms with Crippen molar-refractivity contribution in [2.75, 3.05) is 45.8 Å². The summed E-state index contributed by atoms with van der Waals surface area (Å²) in [6.07, 6.45) is 1.41. The van der Waals surface area contributed by atoms with E-state index in [2.05, 4.69) is 5.32 Å². The number of primary amides is 1. The van der Waals surface area contributed by atoms with Gasteiger partial charge in [-0.05, 0) is 19.8 Å². The largest absolute Gasteiger partial charge is 0.497 e. The molecule has 1 aromatic carbocycles. The Bertz CT molecular complexity index is 737. The number of rotatable bonds is 8. The lowest BCUT2D eigenvalue weighted by molar-refractivity contribution is -0.133. The number of nitrogens with zero attached hydrogens (tertiary/aromatic N) is 1. The molecule has 28 heavy (non-hydrogen) atoms. The Kier molecular flexibility index (Phi) is 7.48. The van der Waals surface area contributed by atoms with Crippen LogP contribution in [-0.2, 0) is 14.3 Å². The van der Waals surface area contributed by atoms with Crippen LogP contribution in [0.4, 0.5) is 5.69 Å². The molecule has 9 nitrogen and oxygen atoms in total. The zero-order valence-corrected chi connectivity index (χ0v) is 16.4. The Morgan fingerprint density at radius 1 is 1.25 bits per heavy atom. The van der Waals surface area contributed by atoms with E-state index in [0.717, 1.165) is 6.42 Å². The summed E-state index contributed by atoms with van der Waals surface area (Å²) in [5, 5.41) is 2.97. The van der Waals surface area contributed by atoms with Crippen LogP contribution in [0.15, 0.2) is 12.1 Å². The van der Waals surface area contributed by atoms with E-state index in [1.165, 1.54) is 14.2 Å². The number of carbonyl (C=O) groups excluding carboxylic acids is 3. The summed E-state index contributed by atoms with van der Waals surface area (Å²) in [5.74, 6) is -0.741. The van der Waals surface area contributed by atoms with E-state index in [1.54, 1.807) is 24.0 Å². The van der Waals surface area contributed by atoms with E-state index < -0.39 is 11.9 Å². The molecule has 0 aliphatic carbocycles. The lowest BCUT2D eigenvalue weighted by Crippen LogP contribution is -2.46. The average Bonchev–Trinajstić information content (AvgIpc) is 2.71. The Morgan fingerprint density at radius 3 is 2.61 bits per heavy atom. The first-order chi connectivity index (χ1) is 13.4. The number of anilines is 1. The predicted molar refractivity (Wildman–Crippen MR) is 102 cm³/mol. The number of carbonyl (C=O) groups is 3. The molecule has 154 valence electrons. The maximum atomic E-state index is 12.6. The van der Waals surface area contributed by atoms with Crippen LogP contribution < -0.4 is 20.5 Å². The minimum atomic E-state index is -0.566. The maximum Gasteiger partial charge on any atom is 0.344 e. The molecule has 0 spiro atoms. The third-order valence-corrected chi connectivity index (χ3v) is 4.62. The number of hydrogen-bond donors (Lipinski definition) is 2. The minimum absolute atomic E-state index is 0.0613. The molecule has 1 atom stereocenters. The molecule has 0 radical (unpaired) electrons. The summed E-state index contributed by atoms with van der Waals surface area (Å²) < 4.78 is 15.6. The van der Waals surface area contributed by atoms with Crippen LogP contribution in [0.1, 0.15) is 30.1 Å². The van der Waals surface area contributed by atoms with E-state index in [4.69, 9.17) is 19.9 Å². The van der Waals surface area contributed by atoms with Crippen LogP contribution in [-0.4, -0.2) is 63.1 Å². The highest BCUT2D eigenvalue weighted by Crippen LogP contribution is 2.33. The predicted octanol–water partition coefficient (Wildman–Crippen LogP) is 1.02. The summed E-state index contributed by atoms with van der Waals surface area (Å²) in [6, 6.07) is 3.17. The SMILES string of the molecule is CCOC(=O)c1c(NCC(=O)N2CCCC(C(N)=O)C2)cc(OC)cc1OC. The average molecular weight is 393 g/mol. The molecule has 1 fully saturated rings. The Morgan fingerprint density at radius 2 is 2.00 bits per heavy atom. The first-order valence-electron chi connectivity index (χ1n) is 9.15. The van der Waals surface area contributed by atoms with E-state index in [1.807, 2.05) is 0 Å². The topological polar surface area (TPSA) is 120 Å². The zero-order chi connectivity index (χ0) is 20.7. The summed E-state index contributed by atoms with van der Waals surface area (Å²) in [4.78, 5) is 38.0. The molecule has 1 aliphatic heterocycles. The lowest BCUT2D eigenvalue weighted by Gasteiger charge is -2.31. The standard InChI is InChI=1S/C19H27N3O6/c1-4-28-19(25)17-14(8-13(26-2)9-15(17)27-3)21-10-16(23)22-7-5-6-12(11-22)18(20)24/h8-9,12,21H,4-7,10-11H2,1-3H3,(H2,20,24). The number of nitrogens with two attached hydrogens (primary N) is 1. The molecule has 0 bridgehead atoms. The number of amides is 2. The van der Waals surface area contributed by atoms with Crippen molar-refractivity contribution in [1.82, 2.24) is 4.90 Å². The summed E-state index contributed by atoms with van der Waals surface area (Å²) >= 11 is 0. The van der Waals surface area contributed by atoms with Crippen molar-refractivity contribution < 1.29 is 28.6 Å². The maximum absolute atomic E-state index is 12.6. The van der Waals surface area contributed by atoms with Gasteiger partial charge in [0.25, 0.3) is 0 Å². The second-order valence-corrected chi connectivity index (χ2v) is 6.41. The summed E-state index contributed by atoms with van der Waals surface area (Å²) in [7, 11) is 2.93. The Hall–Kier alpha value is -2.97. The highest BCUT2D eigenvalue weighted by atomic mass is 16.5. The molecule has 9 heteroatoms. The van der Waals surface area contributed by atoms with Gasteiger partial charge in [0, 0.05) is 25.2 Å². The fraction of sp³-hybridized carbons (Fsp3) is 0.526. The molecule has 0 saturated carbocycles. The number of likely N-dealkylation sites (tertiary alicyclic amines) is 1. The second-order valence-electron chi connectivity index (χ2n) is 6.41. The first-order valence-corrected chi connectivity index (χ1v) is 9.15. The van der Waals surface area contributed by atoms with Crippen molar-refractivity contribution in [1.29, 1.82) is 0 Å². The lowest BCUT2D eigenvalue weighted by atomic mass is 9.97. The summed E-state index contributed by atoms with van der Waals surface area (Å²) in [6.45, 7) is 2.72. The van der Waals surface area contributed by atoms with Gasteiger partial charge in [0.2, 0.25) is 11.8 Å². The molecule has 1 aromatic rings. The van der Waals surface area contributed by atoms with E-state index in [-0.39, 0.29) is 36.3 Å². The van der Waals surface area contributed by atoms with E-state index in [0.29, 0.717) is 30.9 Å². The van der Waals surface area contributed by atoms with Gasteiger partial charge in [-0.3, -0.25) is 9.59 Å². The van der Waals surface area contributed by atoms with Gasteiger partial charge in [0.1, 0.15) is 17.1 Å². The molecule has 2 rings (SSSR count). The zero-order valence-electron chi connectivity index (χ0n) is 16.4. The van der Waals surface area contributed by atoms with Gasteiger partial charge in [0.05, 0.1) is 39.0 Å². The molecular formula is C19H27N3O6. The highest BCUT2D eigenvalue weighted by Gasteiger charge is 2.27. The van der Waals surface area contributed by atoms with Gasteiger partial charge < -0.3 is 30.2 Å². The normalized spacial score (nSPS) is 16.2. The molecule has 1 unspecified atom stereocenters. The number of ether oxygens (including phenoxy) is 3. The minimum Gasteiger partial charge on any atom is -0.497 e. The quantitative estimate of drug-likeness (QED) is 0.633. The van der Waals surface area contributed by atoms with Gasteiger partial charge in [-0.25, -0.2) is 4.79 Å². The third-order valence-electron chi connectivity index (χ3n) is 4.62. The molecule has 1 aliphatic rings. The number of methoxy groups -OCH3 is 2. The second kappa shape index (κ2) is 9.82. The van der Waals surface area contributed by atoms with Crippen molar-refractivity contribution in [2.24, 2.45) is 11.7 Å². The van der Waals surface area contributed by atoms with Gasteiger partial charge in [-0.2, -0.15) is 0 Å². The van der Waals surface area contributed by atoms with Crippen LogP contribution in [0.25, 0.3) is 0 Å². The summed E-state index contributed by atoms with van der Waals surface area (Å²) in [5.41, 5.74) is 5.92. The first kappa shape index (κ1) is 21.3. The van der Waals surface area contributed by atoms with Crippen LogP contribution in [0.3, 0.4) is 0 Å². The Labute approximate surface area is 164 Å². The van der Waals surface area contributed by atoms with Crippen molar-refractivity contribution in [3.8, 4) is 11.5 Å². The fourth-order valence-electron chi connectivity index (χ4n) is 3.14. The van der Waals surface area contributed by atoms with Crippen molar-refractivity contribution >= 4 is 23.5 Å². The van der Waals surface area contributed by atoms with Crippen molar-refractivity contribution in [3.05, 3.63) is 17.7 Å².